The van der Waals surface area contributed by atoms with Crippen LogP contribution in [0.4, 0.5) is 8.78 Å². The van der Waals surface area contributed by atoms with Gasteiger partial charge in [0.25, 0.3) is 0 Å². The number of nitrogens with zero attached hydrogens (tertiary/aromatic N) is 2. The van der Waals surface area contributed by atoms with E-state index in [0.717, 1.165) is 21.3 Å². The van der Waals surface area contributed by atoms with Crippen LogP contribution in [0.1, 0.15) is 36.5 Å². The number of benzene rings is 2. The quantitative estimate of drug-likeness (QED) is 0.678. The molecule has 1 heterocycles. The van der Waals surface area contributed by atoms with Gasteiger partial charge in [0.05, 0.1) is 28.8 Å². The van der Waals surface area contributed by atoms with E-state index in [0.29, 0.717) is 0 Å². The van der Waals surface area contributed by atoms with E-state index in [2.05, 4.69) is 10.3 Å². The number of halogens is 2. The predicted molar refractivity (Wildman–Crippen MR) is 104 cm³/mol. The average molecular weight is 389 g/mol. The molecule has 0 saturated carbocycles. The highest BCUT2D eigenvalue weighted by molar-refractivity contribution is 7.18. The zero-order chi connectivity index (χ0) is 19.6. The van der Waals surface area contributed by atoms with Gasteiger partial charge in [-0.2, -0.15) is 0 Å². The molecule has 0 aliphatic carbocycles. The SMILES string of the molecule is C[C@@H](NC(=O)CN(C)[C@@H](C)c1nc2ccccc2s1)c1ccc(F)cc1F. The molecular formula is C20H21F2N3OS. The number of hydrogen-bond acceptors (Lipinski definition) is 4. The lowest BCUT2D eigenvalue weighted by Crippen LogP contribution is -2.37. The molecule has 2 atom stereocenters. The third-order valence-corrected chi connectivity index (χ3v) is 5.74. The summed E-state index contributed by atoms with van der Waals surface area (Å²) in [5, 5.41) is 3.69. The van der Waals surface area contributed by atoms with Gasteiger partial charge in [0.2, 0.25) is 5.91 Å². The van der Waals surface area contributed by atoms with E-state index in [1.54, 1.807) is 18.3 Å². The van der Waals surface area contributed by atoms with Crippen LogP contribution in [0.15, 0.2) is 42.5 Å². The first-order chi connectivity index (χ1) is 12.8. The molecule has 0 spiro atoms. The van der Waals surface area contributed by atoms with Gasteiger partial charge >= 0.3 is 0 Å². The maximum atomic E-state index is 13.9. The molecule has 0 saturated heterocycles. The predicted octanol–water partition coefficient (Wildman–Crippen LogP) is 4.44. The van der Waals surface area contributed by atoms with E-state index in [1.807, 2.05) is 43.1 Å². The summed E-state index contributed by atoms with van der Waals surface area (Å²) in [5.74, 6) is -1.54. The second-order valence-corrected chi connectivity index (χ2v) is 7.63. The monoisotopic (exact) mass is 389 g/mol. The van der Waals surface area contributed by atoms with Gasteiger partial charge < -0.3 is 5.32 Å². The third kappa shape index (κ3) is 4.48. The zero-order valence-corrected chi connectivity index (χ0v) is 16.2. The van der Waals surface area contributed by atoms with E-state index in [4.69, 9.17) is 0 Å². The van der Waals surface area contributed by atoms with Gasteiger partial charge in [0.1, 0.15) is 16.6 Å². The molecule has 3 aromatic rings. The number of para-hydroxylation sites is 1. The van der Waals surface area contributed by atoms with Gasteiger partial charge in [-0.05, 0) is 39.1 Å². The summed E-state index contributed by atoms with van der Waals surface area (Å²) in [6, 6.07) is 10.7. The number of carbonyl (C=O) groups excluding carboxylic acids is 1. The highest BCUT2D eigenvalue weighted by Crippen LogP contribution is 2.28. The number of carbonyl (C=O) groups is 1. The molecule has 27 heavy (non-hydrogen) atoms. The molecular weight excluding hydrogens is 368 g/mol. The van der Waals surface area contributed by atoms with Crippen molar-refractivity contribution in [3.05, 3.63) is 64.7 Å². The fourth-order valence-corrected chi connectivity index (χ4v) is 3.92. The van der Waals surface area contributed by atoms with Crippen molar-refractivity contribution in [1.29, 1.82) is 0 Å². The maximum Gasteiger partial charge on any atom is 0.234 e. The number of fused-ring (bicyclic) bond motifs is 1. The maximum absolute atomic E-state index is 13.9. The zero-order valence-electron chi connectivity index (χ0n) is 15.4. The number of thiazole rings is 1. The molecule has 0 radical (unpaired) electrons. The lowest BCUT2D eigenvalue weighted by Gasteiger charge is -2.23. The van der Waals surface area contributed by atoms with Gasteiger partial charge in [-0.25, -0.2) is 13.8 Å². The molecule has 1 amide bonds. The number of nitrogens with one attached hydrogen (secondary N) is 1. The Morgan fingerprint density at radius 3 is 2.67 bits per heavy atom. The van der Waals surface area contributed by atoms with Crippen molar-refractivity contribution in [2.45, 2.75) is 25.9 Å². The first-order valence-electron chi connectivity index (χ1n) is 8.65. The number of hydrogen-bond donors (Lipinski definition) is 1. The van der Waals surface area contributed by atoms with Gasteiger partial charge in [-0.1, -0.05) is 18.2 Å². The summed E-state index contributed by atoms with van der Waals surface area (Å²) in [4.78, 5) is 18.9. The Hall–Kier alpha value is -2.38. The van der Waals surface area contributed by atoms with Crippen molar-refractivity contribution in [2.75, 3.05) is 13.6 Å². The fourth-order valence-electron chi connectivity index (χ4n) is 2.84. The van der Waals surface area contributed by atoms with Crippen LogP contribution in [0.25, 0.3) is 10.2 Å². The van der Waals surface area contributed by atoms with E-state index in [1.165, 1.54) is 12.1 Å². The second-order valence-electron chi connectivity index (χ2n) is 6.57. The number of aromatic nitrogens is 1. The summed E-state index contributed by atoms with van der Waals surface area (Å²) in [5.41, 5.74) is 1.20. The smallest absolute Gasteiger partial charge is 0.234 e. The Morgan fingerprint density at radius 1 is 1.22 bits per heavy atom. The first kappa shape index (κ1) is 19.4. The molecule has 2 aromatic carbocycles. The minimum absolute atomic E-state index is 0.0361. The van der Waals surface area contributed by atoms with Crippen LogP contribution in [0.2, 0.25) is 0 Å². The summed E-state index contributed by atoms with van der Waals surface area (Å²) >= 11 is 1.61. The molecule has 7 heteroatoms. The van der Waals surface area contributed by atoms with Crippen LogP contribution >= 0.6 is 11.3 Å². The van der Waals surface area contributed by atoms with E-state index in [9.17, 15) is 13.6 Å². The Morgan fingerprint density at radius 2 is 1.96 bits per heavy atom. The van der Waals surface area contributed by atoms with Gasteiger partial charge in [-0.15, -0.1) is 11.3 Å². The van der Waals surface area contributed by atoms with E-state index in [-0.39, 0.29) is 24.1 Å². The van der Waals surface area contributed by atoms with Crippen LogP contribution in [0.3, 0.4) is 0 Å². The average Bonchev–Trinajstić information content (AvgIpc) is 3.04. The fraction of sp³-hybridized carbons (Fsp3) is 0.300. The topological polar surface area (TPSA) is 45.2 Å². The largest absolute Gasteiger partial charge is 0.348 e. The summed E-state index contributed by atoms with van der Waals surface area (Å²) in [6.45, 7) is 3.81. The summed E-state index contributed by atoms with van der Waals surface area (Å²) < 4.78 is 28.0. The number of likely N-dealkylation sites (N-methyl/N-ethyl adjacent to an activating group) is 1. The van der Waals surface area contributed by atoms with Gasteiger partial charge in [0, 0.05) is 11.6 Å². The molecule has 1 aromatic heterocycles. The molecule has 0 aliphatic rings. The molecule has 0 fully saturated rings. The van der Waals surface area contributed by atoms with Crippen molar-refractivity contribution in [3.8, 4) is 0 Å². The molecule has 0 aliphatic heterocycles. The van der Waals surface area contributed by atoms with Crippen molar-refractivity contribution < 1.29 is 13.6 Å². The normalized spacial score (nSPS) is 13.7. The third-order valence-electron chi connectivity index (χ3n) is 4.53. The van der Waals surface area contributed by atoms with Crippen molar-refractivity contribution in [3.63, 3.8) is 0 Å². The Kier molecular flexibility index (Phi) is 5.82. The van der Waals surface area contributed by atoms with E-state index >= 15 is 0 Å². The molecule has 1 N–H and O–H groups in total. The molecule has 0 unspecified atom stereocenters. The highest BCUT2D eigenvalue weighted by Gasteiger charge is 2.20. The molecule has 4 nitrogen and oxygen atoms in total. The number of amides is 1. The summed E-state index contributed by atoms with van der Waals surface area (Å²) in [6.07, 6.45) is 0. The lowest BCUT2D eigenvalue weighted by atomic mass is 10.1. The Labute approximate surface area is 160 Å². The number of rotatable bonds is 6. The van der Waals surface area contributed by atoms with Gasteiger partial charge in [0.15, 0.2) is 0 Å². The van der Waals surface area contributed by atoms with Crippen LogP contribution < -0.4 is 5.32 Å². The molecule has 0 bridgehead atoms. The van der Waals surface area contributed by atoms with Crippen molar-refractivity contribution in [2.24, 2.45) is 0 Å². The van der Waals surface area contributed by atoms with Crippen LogP contribution in [-0.4, -0.2) is 29.4 Å². The molecule has 3 rings (SSSR count). The van der Waals surface area contributed by atoms with Crippen LogP contribution in [-0.2, 0) is 4.79 Å². The van der Waals surface area contributed by atoms with Crippen molar-refractivity contribution in [1.82, 2.24) is 15.2 Å². The van der Waals surface area contributed by atoms with Crippen LogP contribution in [0, 0.1) is 11.6 Å². The standard InChI is InChI=1S/C20H21F2N3OS/c1-12(15-9-8-14(21)10-16(15)22)23-19(26)11-25(3)13(2)20-24-17-6-4-5-7-18(17)27-20/h4-10,12-13H,11H2,1-3H3,(H,23,26)/t12-,13+/m1/s1. The highest BCUT2D eigenvalue weighted by atomic mass is 32.1. The second kappa shape index (κ2) is 8.10. The van der Waals surface area contributed by atoms with Crippen molar-refractivity contribution >= 4 is 27.5 Å². The van der Waals surface area contributed by atoms with Crippen LogP contribution in [0.5, 0.6) is 0 Å². The molecule has 142 valence electrons. The van der Waals surface area contributed by atoms with E-state index < -0.39 is 17.7 Å². The Balaban J connectivity index is 1.62. The minimum atomic E-state index is -0.668. The lowest BCUT2D eigenvalue weighted by molar-refractivity contribution is -0.123. The minimum Gasteiger partial charge on any atom is -0.348 e. The first-order valence-corrected chi connectivity index (χ1v) is 9.47. The Bertz CT molecular complexity index is 926. The van der Waals surface area contributed by atoms with Gasteiger partial charge in [-0.3, -0.25) is 9.69 Å². The summed E-state index contributed by atoms with van der Waals surface area (Å²) in [7, 11) is 1.85.